The second kappa shape index (κ2) is 6.97. The van der Waals surface area contributed by atoms with Crippen LogP contribution in [0, 0.1) is 5.41 Å². The molecule has 0 aliphatic rings. The van der Waals surface area contributed by atoms with Crippen molar-refractivity contribution in [2.24, 2.45) is 5.41 Å². The molecule has 0 unspecified atom stereocenters. The number of carbonyl (C=O) groups excluding carboxylic acids is 1. The Labute approximate surface area is 124 Å². The molecule has 0 aliphatic carbocycles. The Bertz CT molecular complexity index is 525. The summed E-state index contributed by atoms with van der Waals surface area (Å²) in [5.41, 5.74) is -1.15. The Kier molecular flexibility index (Phi) is 5.58. The molecular formula is C15H21NO5. The van der Waals surface area contributed by atoms with Gasteiger partial charge in [-0.2, -0.15) is 0 Å². The largest absolute Gasteiger partial charge is 0.494 e. The molecule has 0 saturated heterocycles. The number of aliphatic carboxylic acids is 1. The van der Waals surface area contributed by atoms with E-state index in [2.05, 4.69) is 5.32 Å². The first-order valence-corrected chi connectivity index (χ1v) is 6.77. The van der Waals surface area contributed by atoms with Crippen LogP contribution in [0.5, 0.6) is 11.5 Å². The molecule has 0 aromatic heterocycles. The first-order valence-electron chi connectivity index (χ1n) is 6.77. The second-order valence-electron chi connectivity index (χ2n) is 4.91. The molecular weight excluding hydrogens is 274 g/mol. The predicted molar refractivity (Wildman–Crippen MR) is 78.8 cm³/mol. The van der Waals surface area contributed by atoms with Crippen LogP contribution >= 0.6 is 0 Å². The lowest BCUT2D eigenvalue weighted by Gasteiger charge is -2.20. The molecule has 116 valence electrons. The summed E-state index contributed by atoms with van der Waals surface area (Å²) >= 11 is 0. The van der Waals surface area contributed by atoms with Crippen molar-refractivity contribution in [2.45, 2.75) is 27.7 Å². The Hall–Kier alpha value is -2.24. The van der Waals surface area contributed by atoms with Crippen LogP contribution in [-0.4, -0.2) is 30.2 Å². The molecule has 1 aromatic rings. The highest BCUT2D eigenvalue weighted by molar-refractivity contribution is 6.08. The molecule has 1 amide bonds. The molecule has 1 rings (SSSR count). The molecule has 6 heteroatoms. The first-order chi connectivity index (χ1) is 9.82. The van der Waals surface area contributed by atoms with Crippen molar-refractivity contribution in [1.29, 1.82) is 0 Å². The third-order valence-electron chi connectivity index (χ3n) is 2.91. The highest BCUT2D eigenvalue weighted by Gasteiger charge is 2.36. The molecule has 2 N–H and O–H groups in total. The fourth-order valence-corrected chi connectivity index (χ4v) is 1.52. The van der Waals surface area contributed by atoms with E-state index in [4.69, 9.17) is 14.6 Å². The van der Waals surface area contributed by atoms with Gasteiger partial charge in [-0.15, -0.1) is 0 Å². The van der Waals surface area contributed by atoms with Crippen molar-refractivity contribution in [3.63, 3.8) is 0 Å². The van der Waals surface area contributed by atoms with Gasteiger partial charge in [-0.25, -0.2) is 0 Å². The lowest BCUT2D eigenvalue weighted by Crippen LogP contribution is -2.37. The Morgan fingerprint density at radius 3 is 2.33 bits per heavy atom. The fraction of sp³-hybridized carbons (Fsp3) is 0.467. The van der Waals surface area contributed by atoms with Crippen LogP contribution in [-0.2, 0) is 9.59 Å². The molecule has 0 aliphatic heterocycles. The molecule has 0 atom stereocenters. The summed E-state index contributed by atoms with van der Waals surface area (Å²) in [6.45, 7) is 7.28. The van der Waals surface area contributed by atoms with Gasteiger partial charge in [0.2, 0.25) is 5.91 Å². The normalized spacial score (nSPS) is 10.9. The van der Waals surface area contributed by atoms with Gasteiger partial charge in [0, 0.05) is 6.07 Å². The van der Waals surface area contributed by atoms with Crippen molar-refractivity contribution >= 4 is 17.6 Å². The number of nitrogens with one attached hydrogen (secondary N) is 1. The Balaban J connectivity index is 3.06. The zero-order chi connectivity index (χ0) is 16.0. The van der Waals surface area contributed by atoms with Gasteiger partial charge in [0.15, 0.2) is 0 Å². The number of carbonyl (C=O) groups is 2. The first kappa shape index (κ1) is 16.8. The van der Waals surface area contributed by atoms with Crippen LogP contribution in [0.15, 0.2) is 18.2 Å². The molecule has 0 saturated carbocycles. The number of benzene rings is 1. The number of carboxylic acids is 1. The summed E-state index contributed by atoms with van der Waals surface area (Å²) in [5, 5.41) is 11.7. The highest BCUT2D eigenvalue weighted by Crippen LogP contribution is 2.31. The van der Waals surface area contributed by atoms with Gasteiger partial charge in [0.05, 0.1) is 18.9 Å². The van der Waals surface area contributed by atoms with Crippen LogP contribution in [0.2, 0.25) is 0 Å². The summed E-state index contributed by atoms with van der Waals surface area (Å²) in [6, 6.07) is 5.02. The average Bonchev–Trinajstić information content (AvgIpc) is 2.41. The molecule has 1 aromatic carbocycles. The minimum Gasteiger partial charge on any atom is -0.494 e. The lowest BCUT2D eigenvalue weighted by molar-refractivity contribution is -0.151. The van der Waals surface area contributed by atoms with Crippen molar-refractivity contribution < 1.29 is 24.2 Å². The number of carboxylic acid groups (broad SMARTS) is 1. The van der Waals surface area contributed by atoms with Crippen LogP contribution in [0.3, 0.4) is 0 Å². The quantitative estimate of drug-likeness (QED) is 0.755. The van der Waals surface area contributed by atoms with Crippen LogP contribution in [0.4, 0.5) is 5.69 Å². The molecule has 0 spiro atoms. The summed E-state index contributed by atoms with van der Waals surface area (Å²) in [4.78, 5) is 23.2. The van der Waals surface area contributed by atoms with Crippen LogP contribution < -0.4 is 14.8 Å². The van der Waals surface area contributed by atoms with Crippen molar-refractivity contribution in [3.8, 4) is 11.5 Å². The topological polar surface area (TPSA) is 84.9 Å². The smallest absolute Gasteiger partial charge is 0.318 e. The van der Waals surface area contributed by atoms with Gasteiger partial charge in [0.25, 0.3) is 0 Å². The van der Waals surface area contributed by atoms with E-state index in [0.717, 1.165) is 0 Å². The number of rotatable bonds is 7. The molecule has 0 heterocycles. The van der Waals surface area contributed by atoms with E-state index >= 15 is 0 Å². The highest BCUT2D eigenvalue weighted by atomic mass is 16.5. The van der Waals surface area contributed by atoms with Crippen molar-refractivity contribution in [3.05, 3.63) is 18.2 Å². The molecule has 0 fully saturated rings. The Morgan fingerprint density at radius 2 is 1.81 bits per heavy atom. The third-order valence-corrected chi connectivity index (χ3v) is 2.91. The van der Waals surface area contributed by atoms with Crippen LogP contribution in [0.1, 0.15) is 27.7 Å². The van der Waals surface area contributed by atoms with Crippen molar-refractivity contribution in [1.82, 2.24) is 0 Å². The maximum atomic E-state index is 12.1. The van der Waals surface area contributed by atoms with E-state index < -0.39 is 17.3 Å². The van der Waals surface area contributed by atoms with E-state index in [1.807, 2.05) is 13.8 Å². The summed E-state index contributed by atoms with van der Waals surface area (Å²) in [7, 11) is 0. The molecule has 0 bridgehead atoms. The number of hydrogen-bond donors (Lipinski definition) is 2. The van der Waals surface area contributed by atoms with E-state index in [-0.39, 0.29) is 0 Å². The third kappa shape index (κ3) is 4.11. The van der Waals surface area contributed by atoms with Gasteiger partial charge in [-0.1, -0.05) is 0 Å². The minimum absolute atomic E-state index is 0.391. The lowest BCUT2D eigenvalue weighted by atomic mass is 9.92. The number of ether oxygens (including phenoxy) is 2. The number of amides is 1. The van der Waals surface area contributed by atoms with E-state index in [1.165, 1.54) is 13.8 Å². The standard InChI is InChI=1S/C15H21NO5/c1-5-20-10-7-8-12(21-6-2)11(9-10)16-13(17)15(3,4)14(18)19/h7-9H,5-6H2,1-4H3,(H,16,17)(H,18,19). The Morgan fingerprint density at radius 1 is 1.19 bits per heavy atom. The van der Waals surface area contributed by atoms with Crippen LogP contribution in [0.25, 0.3) is 0 Å². The SMILES string of the molecule is CCOc1ccc(OCC)c(NC(=O)C(C)(C)C(=O)O)c1. The maximum Gasteiger partial charge on any atom is 0.318 e. The number of anilines is 1. The van der Waals surface area contributed by atoms with Gasteiger partial charge >= 0.3 is 5.97 Å². The molecule has 6 nitrogen and oxygen atoms in total. The zero-order valence-electron chi connectivity index (χ0n) is 12.7. The summed E-state index contributed by atoms with van der Waals surface area (Å²) < 4.78 is 10.8. The average molecular weight is 295 g/mol. The van der Waals surface area contributed by atoms with Gasteiger partial charge in [0.1, 0.15) is 16.9 Å². The van der Waals surface area contributed by atoms with Gasteiger partial charge in [-0.05, 0) is 39.8 Å². The second-order valence-corrected chi connectivity index (χ2v) is 4.91. The monoisotopic (exact) mass is 295 g/mol. The predicted octanol–water partition coefficient (Wildman–Crippen LogP) is 2.53. The number of hydrogen-bond acceptors (Lipinski definition) is 4. The van der Waals surface area contributed by atoms with Crippen molar-refractivity contribution in [2.75, 3.05) is 18.5 Å². The van der Waals surface area contributed by atoms with Gasteiger partial charge in [-0.3, -0.25) is 9.59 Å². The fourth-order valence-electron chi connectivity index (χ4n) is 1.52. The zero-order valence-corrected chi connectivity index (χ0v) is 12.7. The minimum atomic E-state index is -1.54. The summed E-state index contributed by atoms with van der Waals surface area (Å²) in [6.07, 6.45) is 0. The van der Waals surface area contributed by atoms with E-state index in [1.54, 1.807) is 18.2 Å². The maximum absolute atomic E-state index is 12.1. The molecule has 0 radical (unpaired) electrons. The molecule has 21 heavy (non-hydrogen) atoms. The summed E-state index contributed by atoms with van der Waals surface area (Å²) in [5.74, 6) is -0.775. The van der Waals surface area contributed by atoms with E-state index in [9.17, 15) is 9.59 Å². The van der Waals surface area contributed by atoms with Gasteiger partial charge < -0.3 is 19.9 Å². The van der Waals surface area contributed by atoms with E-state index in [0.29, 0.717) is 30.4 Å².